The van der Waals surface area contributed by atoms with Crippen molar-refractivity contribution in [1.82, 2.24) is 13.6 Å². The van der Waals surface area contributed by atoms with Gasteiger partial charge in [0, 0.05) is 49.9 Å². The van der Waals surface area contributed by atoms with E-state index in [0.29, 0.717) is 23.4 Å². The molecule has 0 bridgehead atoms. The molecule has 1 unspecified atom stereocenters. The van der Waals surface area contributed by atoms with Crippen molar-refractivity contribution in [2.75, 3.05) is 36.7 Å². The van der Waals surface area contributed by atoms with Gasteiger partial charge in [-0.15, -0.1) is 0 Å². The van der Waals surface area contributed by atoms with E-state index in [0.717, 1.165) is 37.8 Å². The lowest BCUT2D eigenvalue weighted by Gasteiger charge is -2.39. The van der Waals surface area contributed by atoms with E-state index in [1.807, 2.05) is 12.1 Å². The van der Waals surface area contributed by atoms with Gasteiger partial charge >= 0.3 is 0 Å². The van der Waals surface area contributed by atoms with Gasteiger partial charge in [-0.25, -0.2) is 21.8 Å². The number of hydrogen-bond acceptors (Lipinski definition) is 7. The van der Waals surface area contributed by atoms with Gasteiger partial charge in [0.2, 0.25) is 0 Å². The van der Waals surface area contributed by atoms with Gasteiger partial charge in [0.1, 0.15) is 11.5 Å². The molecule has 2 aliphatic heterocycles. The number of piperazine rings is 1. The monoisotopic (exact) mass is 552 g/mol. The summed E-state index contributed by atoms with van der Waals surface area (Å²) >= 11 is 1.74. The maximum Gasteiger partial charge on any atom is 0.278 e. The zero-order valence-electron chi connectivity index (χ0n) is 21.8. The number of alkyl halides is 2. The standard InChI is InChI=1S/C22H25F3N6S2.C4H10/c1-32-29-8-10-30(11-9-29)33(2)31(18-4-3-7-26-14-18)15-17-6-5-16(12-19(17)23)20-13-21(22(24)25)28-27-20;1-4(2)3/h3-7,12,14,22H,2,8-11,13,15H2,1H3;4H,1-3H3. The van der Waals surface area contributed by atoms with Crippen LogP contribution >= 0.6 is 22.8 Å². The highest BCUT2D eigenvalue weighted by Crippen LogP contribution is 2.33. The van der Waals surface area contributed by atoms with Crippen molar-refractivity contribution in [3.8, 4) is 0 Å². The first-order valence-electron chi connectivity index (χ1n) is 12.2. The quantitative estimate of drug-likeness (QED) is 0.291. The number of aromatic nitrogens is 1. The van der Waals surface area contributed by atoms with Gasteiger partial charge in [0.25, 0.3) is 6.43 Å². The van der Waals surface area contributed by atoms with Crippen LogP contribution in [0.15, 0.2) is 52.9 Å². The van der Waals surface area contributed by atoms with Crippen LogP contribution in [-0.2, 0) is 6.54 Å². The zero-order valence-corrected chi connectivity index (χ0v) is 23.4. The van der Waals surface area contributed by atoms with Gasteiger partial charge in [-0.1, -0.05) is 44.9 Å². The minimum absolute atomic E-state index is 0.0668. The van der Waals surface area contributed by atoms with E-state index in [9.17, 15) is 8.78 Å². The van der Waals surface area contributed by atoms with Crippen LogP contribution in [0.5, 0.6) is 0 Å². The molecule has 6 nitrogen and oxygen atoms in total. The lowest BCUT2D eigenvalue weighted by Crippen LogP contribution is -2.42. The molecule has 0 radical (unpaired) electrons. The minimum atomic E-state index is -2.66. The third-order valence-corrected chi connectivity index (χ3v) is 8.23. The third-order valence-electron chi connectivity index (χ3n) is 5.54. The second-order valence-corrected chi connectivity index (χ2v) is 11.8. The Labute approximate surface area is 225 Å². The molecule has 0 aliphatic carbocycles. The molecule has 0 N–H and O–H groups in total. The average Bonchev–Trinajstić information content (AvgIpc) is 3.39. The van der Waals surface area contributed by atoms with E-state index < -0.39 is 23.1 Å². The van der Waals surface area contributed by atoms with Gasteiger partial charge in [-0.2, -0.15) is 10.2 Å². The van der Waals surface area contributed by atoms with E-state index >= 15 is 4.39 Å². The molecule has 1 atom stereocenters. The first-order valence-corrected chi connectivity index (χ1v) is 14.6. The molecule has 37 heavy (non-hydrogen) atoms. The molecule has 3 heterocycles. The predicted molar refractivity (Wildman–Crippen MR) is 153 cm³/mol. The average molecular weight is 553 g/mol. The van der Waals surface area contributed by atoms with E-state index in [1.165, 1.54) is 6.07 Å². The molecular formula is C26H35F3N6S2. The van der Waals surface area contributed by atoms with Gasteiger partial charge in [-0.05, 0) is 47.1 Å². The number of pyridine rings is 1. The summed E-state index contributed by atoms with van der Waals surface area (Å²) in [5.41, 5.74) is 1.87. The summed E-state index contributed by atoms with van der Waals surface area (Å²) in [5.74, 6) is 4.83. The van der Waals surface area contributed by atoms with Crippen molar-refractivity contribution in [3.05, 3.63) is 59.7 Å². The van der Waals surface area contributed by atoms with Crippen molar-refractivity contribution in [2.45, 2.75) is 40.2 Å². The molecule has 0 spiro atoms. The maximum atomic E-state index is 15.1. The first-order chi connectivity index (χ1) is 17.7. The van der Waals surface area contributed by atoms with E-state index in [2.05, 4.69) is 61.0 Å². The van der Waals surface area contributed by atoms with Crippen molar-refractivity contribution < 1.29 is 13.2 Å². The maximum absolute atomic E-state index is 15.1. The number of halogens is 3. The molecule has 11 heteroatoms. The lowest BCUT2D eigenvalue weighted by molar-refractivity contribution is 0.224. The molecular weight excluding hydrogens is 517 g/mol. The highest BCUT2D eigenvalue weighted by atomic mass is 32.2. The highest BCUT2D eigenvalue weighted by molar-refractivity contribution is 8.13. The topological polar surface area (TPSA) is 47.3 Å². The number of rotatable bonds is 8. The van der Waals surface area contributed by atoms with Gasteiger partial charge in [0.05, 0.1) is 24.1 Å². The molecule has 4 rings (SSSR count). The molecule has 1 aromatic carbocycles. The highest BCUT2D eigenvalue weighted by Gasteiger charge is 2.25. The van der Waals surface area contributed by atoms with Crippen LogP contribution in [0, 0.1) is 11.7 Å². The molecule has 1 fully saturated rings. The Kier molecular flexibility index (Phi) is 11.2. The van der Waals surface area contributed by atoms with Crippen LogP contribution in [0.2, 0.25) is 0 Å². The first kappa shape index (κ1) is 29.3. The fourth-order valence-electron chi connectivity index (χ4n) is 3.65. The Morgan fingerprint density at radius 3 is 2.35 bits per heavy atom. The predicted octanol–water partition coefficient (Wildman–Crippen LogP) is 6.13. The van der Waals surface area contributed by atoms with Gasteiger partial charge in [-0.3, -0.25) is 4.98 Å². The smallest absolute Gasteiger partial charge is 0.278 e. The Balaban J connectivity index is 0.000000886. The van der Waals surface area contributed by atoms with Crippen molar-refractivity contribution in [1.29, 1.82) is 0 Å². The Hall–Kier alpha value is -2.21. The van der Waals surface area contributed by atoms with Crippen molar-refractivity contribution >= 4 is 45.8 Å². The fourth-order valence-corrected chi connectivity index (χ4v) is 5.68. The Bertz CT molecular complexity index is 1100. The van der Waals surface area contributed by atoms with E-state index in [1.54, 1.807) is 36.5 Å². The summed E-state index contributed by atoms with van der Waals surface area (Å²) in [7, 11) is -0.540. The zero-order chi connectivity index (χ0) is 26.9. The van der Waals surface area contributed by atoms with E-state index in [-0.39, 0.29) is 12.1 Å². The van der Waals surface area contributed by atoms with Crippen LogP contribution in [0.25, 0.3) is 0 Å². The number of anilines is 1. The molecule has 2 aliphatic rings. The van der Waals surface area contributed by atoms with Crippen molar-refractivity contribution in [2.24, 2.45) is 16.1 Å². The molecule has 0 amide bonds. The molecule has 1 saturated heterocycles. The normalized spacial score (nSPS) is 17.3. The largest absolute Gasteiger partial charge is 0.304 e. The van der Waals surface area contributed by atoms with Crippen LogP contribution in [0.1, 0.15) is 38.3 Å². The SMILES string of the molecule is C=S(N1CCN(SC)CC1)N(Cc1ccc(C2=NN=C(C(F)F)C2)cc1F)c1cccnc1.CC(C)C. The van der Waals surface area contributed by atoms with Crippen LogP contribution in [0.4, 0.5) is 18.9 Å². The van der Waals surface area contributed by atoms with Crippen LogP contribution < -0.4 is 4.31 Å². The summed E-state index contributed by atoms with van der Waals surface area (Å²) in [6, 6.07) is 8.53. The second kappa shape index (κ2) is 14.1. The minimum Gasteiger partial charge on any atom is -0.304 e. The summed E-state index contributed by atoms with van der Waals surface area (Å²) in [6.07, 6.45) is 2.81. The molecule has 202 valence electrons. The third kappa shape index (κ3) is 8.39. The molecule has 1 aromatic heterocycles. The number of nitrogens with zero attached hydrogens (tertiary/aromatic N) is 6. The fraction of sp³-hybridized carbons (Fsp3) is 0.462. The summed E-state index contributed by atoms with van der Waals surface area (Å²) in [5, 5.41) is 7.33. The summed E-state index contributed by atoms with van der Waals surface area (Å²) < 4.78 is 47.5. The summed E-state index contributed by atoms with van der Waals surface area (Å²) in [6.45, 7) is 10.4. The van der Waals surface area contributed by atoms with Gasteiger partial charge in [0.15, 0.2) is 0 Å². The number of benzene rings is 1. The Morgan fingerprint density at radius 2 is 1.81 bits per heavy atom. The molecule has 2 aromatic rings. The Morgan fingerprint density at radius 1 is 1.11 bits per heavy atom. The summed E-state index contributed by atoms with van der Waals surface area (Å²) in [4.78, 5) is 4.23. The van der Waals surface area contributed by atoms with Crippen LogP contribution in [-0.4, -0.2) is 69.7 Å². The van der Waals surface area contributed by atoms with Gasteiger partial charge < -0.3 is 4.31 Å². The van der Waals surface area contributed by atoms with E-state index in [4.69, 9.17) is 0 Å². The van der Waals surface area contributed by atoms with Crippen molar-refractivity contribution in [3.63, 3.8) is 0 Å². The number of hydrogen-bond donors (Lipinski definition) is 0. The lowest BCUT2D eigenvalue weighted by atomic mass is 10.0. The second-order valence-electron chi connectivity index (χ2n) is 9.28. The molecule has 0 saturated carbocycles. The van der Waals surface area contributed by atoms with Crippen LogP contribution in [0.3, 0.4) is 0 Å².